The van der Waals surface area contributed by atoms with Gasteiger partial charge in [0.25, 0.3) is 0 Å². The topological polar surface area (TPSA) is 50.1 Å². The first-order valence-corrected chi connectivity index (χ1v) is 5.90. The van der Waals surface area contributed by atoms with E-state index in [2.05, 4.69) is 0 Å². The van der Waals surface area contributed by atoms with Crippen LogP contribution in [0.2, 0.25) is 0 Å². The van der Waals surface area contributed by atoms with Gasteiger partial charge in [0.2, 0.25) is 0 Å². The second-order valence-electron chi connectivity index (χ2n) is 4.66. The van der Waals surface area contributed by atoms with Crippen molar-refractivity contribution in [1.82, 2.24) is 0 Å². The molecule has 1 aromatic rings. The maximum atomic E-state index is 13.1. The average molecular weight is 247 g/mol. The number of carbonyl (C=O) groups excluding carboxylic acids is 1. The molecule has 1 heterocycles. The van der Waals surface area contributed by atoms with Gasteiger partial charge in [-0.05, 0) is 37.5 Å². The molecule has 0 amide bonds. The number of ether oxygens (including phenoxy) is 1. The van der Waals surface area contributed by atoms with Gasteiger partial charge < -0.3 is 4.74 Å². The van der Waals surface area contributed by atoms with Crippen molar-refractivity contribution in [1.29, 1.82) is 5.26 Å². The van der Waals surface area contributed by atoms with Crippen LogP contribution in [0, 0.1) is 17.1 Å². The van der Waals surface area contributed by atoms with Gasteiger partial charge in [-0.25, -0.2) is 4.39 Å². The van der Waals surface area contributed by atoms with Gasteiger partial charge in [-0.2, -0.15) is 5.26 Å². The lowest BCUT2D eigenvalue weighted by Crippen LogP contribution is -2.38. The SMILES string of the molecule is CC1(C(=O)C(C#N)c2cccc(F)c2)CCCO1. The molecule has 3 nitrogen and oxygen atoms in total. The van der Waals surface area contributed by atoms with E-state index in [4.69, 9.17) is 10.00 Å². The van der Waals surface area contributed by atoms with Gasteiger partial charge in [-0.1, -0.05) is 12.1 Å². The van der Waals surface area contributed by atoms with Crippen LogP contribution < -0.4 is 0 Å². The summed E-state index contributed by atoms with van der Waals surface area (Å²) in [4.78, 5) is 12.3. The fourth-order valence-corrected chi connectivity index (χ4v) is 2.25. The van der Waals surface area contributed by atoms with Gasteiger partial charge >= 0.3 is 0 Å². The zero-order valence-electron chi connectivity index (χ0n) is 10.1. The molecule has 1 aliphatic heterocycles. The van der Waals surface area contributed by atoms with Gasteiger partial charge in [0.1, 0.15) is 17.3 Å². The van der Waals surface area contributed by atoms with Crippen LogP contribution in [0.4, 0.5) is 4.39 Å². The Kier molecular flexibility index (Phi) is 3.44. The summed E-state index contributed by atoms with van der Waals surface area (Å²) >= 11 is 0. The summed E-state index contributed by atoms with van der Waals surface area (Å²) in [7, 11) is 0. The van der Waals surface area contributed by atoms with E-state index in [1.807, 2.05) is 6.07 Å². The third-order valence-electron chi connectivity index (χ3n) is 3.31. The molecule has 18 heavy (non-hydrogen) atoms. The molecule has 2 atom stereocenters. The van der Waals surface area contributed by atoms with Crippen LogP contribution in [-0.4, -0.2) is 18.0 Å². The Hall–Kier alpha value is -1.73. The van der Waals surface area contributed by atoms with Crippen LogP contribution >= 0.6 is 0 Å². The summed E-state index contributed by atoms with van der Waals surface area (Å²) in [5, 5.41) is 9.17. The Labute approximate surface area is 105 Å². The Morgan fingerprint density at radius 2 is 2.39 bits per heavy atom. The first kappa shape index (κ1) is 12.7. The number of Topliss-reactive ketones (excluding diaryl/α,β-unsaturated/α-hetero) is 1. The molecule has 1 aromatic carbocycles. The highest BCUT2D eigenvalue weighted by Gasteiger charge is 2.42. The largest absolute Gasteiger partial charge is 0.367 e. The van der Waals surface area contributed by atoms with Crippen LogP contribution in [-0.2, 0) is 9.53 Å². The summed E-state index contributed by atoms with van der Waals surface area (Å²) in [6.45, 7) is 2.23. The predicted molar refractivity (Wildman–Crippen MR) is 63.4 cm³/mol. The first-order chi connectivity index (χ1) is 8.57. The maximum absolute atomic E-state index is 13.1. The number of carbonyl (C=O) groups is 1. The number of benzene rings is 1. The van der Waals surface area contributed by atoms with Crippen molar-refractivity contribution in [3.8, 4) is 6.07 Å². The molecular weight excluding hydrogens is 233 g/mol. The molecular formula is C14H14FNO2. The molecule has 94 valence electrons. The lowest BCUT2D eigenvalue weighted by molar-refractivity contribution is -0.137. The van der Waals surface area contributed by atoms with Gasteiger partial charge in [0.15, 0.2) is 5.78 Å². The highest BCUT2D eigenvalue weighted by atomic mass is 19.1. The molecule has 2 unspecified atom stereocenters. The number of nitriles is 1. The van der Waals surface area contributed by atoms with Crippen molar-refractivity contribution in [2.45, 2.75) is 31.3 Å². The third kappa shape index (κ3) is 2.27. The van der Waals surface area contributed by atoms with Crippen LogP contribution in [0.15, 0.2) is 24.3 Å². The van der Waals surface area contributed by atoms with Crippen LogP contribution in [0.3, 0.4) is 0 Å². The molecule has 0 radical (unpaired) electrons. The Bertz CT molecular complexity index is 501. The molecule has 0 bridgehead atoms. The van der Waals surface area contributed by atoms with Crippen LogP contribution in [0.1, 0.15) is 31.2 Å². The van der Waals surface area contributed by atoms with Gasteiger partial charge in [0.05, 0.1) is 6.07 Å². The van der Waals surface area contributed by atoms with E-state index in [1.165, 1.54) is 18.2 Å². The average Bonchev–Trinajstić information content (AvgIpc) is 2.78. The van der Waals surface area contributed by atoms with E-state index in [0.717, 1.165) is 6.42 Å². The van der Waals surface area contributed by atoms with E-state index in [0.29, 0.717) is 18.6 Å². The van der Waals surface area contributed by atoms with E-state index >= 15 is 0 Å². The summed E-state index contributed by atoms with van der Waals surface area (Å²) < 4.78 is 18.6. The lowest BCUT2D eigenvalue weighted by atomic mass is 9.85. The minimum Gasteiger partial charge on any atom is -0.367 e. The summed E-state index contributed by atoms with van der Waals surface area (Å²) in [5.41, 5.74) is -0.522. The Morgan fingerprint density at radius 1 is 1.61 bits per heavy atom. The lowest BCUT2D eigenvalue weighted by Gasteiger charge is -2.24. The van der Waals surface area contributed by atoms with Gasteiger partial charge in [-0.15, -0.1) is 0 Å². The number of halogens is 1. The molecule has 0 spiro atoms. The van der Waals surface area contributed by atoms with Crippen molar-refractivity contribution in [3.05, 3.63) is 35.6 Å². The number of ketones is 1. The number of hydrogen-bond donors (Lipinski definition) is 0. The van der Waals surface area contributed by atoms with Gasteiger partial charge in [-0.3, -0.25) is 4.79 Å². The molecule has 2 rings (SSSR count). The molecule has 0 N–H and O–H groups in total. The van der Waals surface area contributed by atoms with E-state index in [1.54, 1.807) is 13.0 Å². The highest BCUT2D eigenvalue weighted by Crippen LogP contribution is 2.32. The van der Waals surface area contributed by atoms with Crippen LogP contribution in [0.25, 0.3) is 0 Å². The van der Waals surface area contributed by atoms with E-state index in [9.17, 15) is 9.18 Å². The fourth-order valence-electron chi connectivity index (χ4n) is 2.25. The zero-order valence-corrected chi connectivity index (χ0v) is 10.1. The van der Waals surface area contributed by atoms with Crippen molar-refractivity contribution in [3.63, 3.8) is 0 Å². The minimum absolute atomic E-state index is 0.284. The summed E-state index contributed by atoms with van der Waals surface area (Å²) in [6.07, 6.45) is 1.42. The van der Waals surface area contributed by atoms with Crippen molar-refractivity contribution in [2.24, 2.45) is 0 Å². The van der Waals surface area contributed by atoms with Crippen molar-refractivity contribution < 1.29 is 13.9 Å². The minimum atomic E-state index is -0.969. The quantitative estimate of drug-likeness (QED) is 0.824. The standard InChI is InChI=1S/C14H14FNO2/c1-14(6-3-7-18-14)13(17)12(9-16)10-4-2-5-11(15)8-10/h2,4-5,8,12H,3,6-7H2,1H3. The summed E-state index contributed by atoms with van der Waals surface area (Å²) in [5.74, 6) is -1.70. The molecule has 0 saturated carbocycles. The van der Waals surface area contributed by atoms with E-state index in [-0.39, 0.29) is 5.78 Å². The molecule has 1 fully saturated rings. The molecule has 1 saturated heterocycles. The zero-order chi connectivity index (χ0) is 13.2. The fraction of sp³-hybridized carbons (Fsp3) is 0.429. The third-order valence-corrected chi connectivity index (χ3v) is 3.31. The first-order valence-electron chi connectivity index (χ1n) is 5.90. The predicted octanol–water partition coefficient (Wildman–Crippen LogP) is 2.57. The second kappa shape index (κ2) is 4.87. The van der Waals surface area contributed by atoms with Crippen molar-refractivity contribution >= 4 is 5.78 Å². The van der Waals surface area contributed by atoms with E-state index < -0.39 is 17.3 Å². The normalized spacial score (nSPS) is 24.5. The smallest absolute Gasteiger partial charge is 0.185 e. The van der Waals surface area contributed by atoms with Gasteiger partial charge in [0, 0.05) is 6.61 Å². The maximum Gasteiger partial charge on any atom is 0.185 e. The summed E-state index contributed by atoms with van der Waals surface area (Å²) in [6, 6.07) is 7.56. The number of rotatable bonds is 3. The molecule has 0 aromatic heterocycles. The molecule has 1 aliphatic rings. The molecule has 4 heteroatoms. The van der Waals surface area contributed by atoms with Crippen LogP contribution in [0.5, 0.6) is 0 Å². The second-order valence-corrected chi connectivity index (χ2v) is 4.66. The highest BCUT2D eigenvalue weighted by molar-refractivity contribution is 5.95. The monoisotopic (exact) mass is 247 g/mol. The molecule has 0 aliphatic carbocycles. The van der Waals surface area contributed by atoms with Crippen molar-refractivity contribution in [2.75, 3.05) is 6.61 Å². The Balaban J connectivity index is 2.29. The Morgan fingerprint density at radius 3 is 2.94 bits per heavy atom. The number of hydrogen-bond acceptors (Lipinski definition) is 3. The number of nitrogens with zero attached hydrogens (tertiary/aromatic N) is 1.